The van der Waals surface area contributed by atoms with Gasteiger partial charge in [-0.25, -0.2) is 8.42 Å². The van der Waals surface area contributed by atoms with Crippen molar-refractivity contribution in [3.05, 3.63) is 27.0 Å². The van der Waals surface area contributed by atoms with Crippen LogP contribution in [0.4, 0.5) is 5.82 Å². The number of hydrogen-bond acceptors (Lipinski definition) is 5. The van der Waals surface area contributed by atoms with Gasteiger partial charge in [-0.15, -0.1) is 11.3 Å². The Morgan fingerprint density at radius 2 is 2.20 bits per heavy atom. The van der Waals surface area contributed by atoms with Gasteiger partial charge in [0.15, 0.2) is 5.82 Å². The molecule has 2 N–H and O–H groups in total. The van der Waals surface area contributed by atoms with Crippen LogP contribution in [0.15, 0.2) is 27.0 Å². The Morgan fingerprint density at radius 1 is 1.50 bits per heavy atom. The van der Waals surface area contributed by atoms with Crippen LogP contribution in [0.25, 0.3) is 0 Å². The van der Waals surface area contributed by atoms with Crippen molar-refractivity contribution in [3.8, 4) is 0 Å². The van der Waals surface area contributed by atoms with E-state index in [9.17, 15) is 8.42 Å². The normalized spacial score (nSPS) is 12.2. The second-order valence-electron chi connectivity index (χ2n) is 4.19. The first-order chi connectivity index (χ1) is 9.34. The summed E-state index contributed by atoms with van der Waals surface area (Å²) in [5.41, 5.74) is 5.67. The molecule has 0 atom stereocenters. The minimum absolute atomic E-state index is 0.0262. The van der Waals surface area contributed by atoms with Crippen LogP contribution < -0.4 is 5.73 Å². The highest BCUT2D eigenvalue weighted by Crippen LogP contribution is 2.27. The summed E-state index contributed by atoms with van der Waals surface area (Å²) in [5, 5.41) is 3.89. The Labute approximate surface area is 130 Å². The van der Waals surface area contributed by atoms with Gasteiger partial charge in [0.05, 0.1) is 3.79 Å². The summed E-state index contributed by atoms with van der Waals surface area (Å²) in [6, 6.07) is 3.80. The minimum Gasteiger partial charge on any atom is -0.381 e. The van der Waals surface area contributed by atoms with Gasteiger partial charge in [0.1, 0.15) is 4.90 Å². The van der Waals surface area contributed by atoms with Gasteiger partial charge in [-0.05, 0) is 28.1 Å². The molecule has 2 heterocycles. The molecule has 20 heavy (non-hydrogen) atoms. The molecule has 0 radical (unpaired) electrons. The predicted octanol–water partition coefficient (Wildman–Crippen LogP) is 2.04. The number of nitrogens with zero attached hydrogens (tertiary/aromatic N) is 3. The second-order valence-corrected chi connectivity index (χ2v) is 8.64. The number of hydrogen-bond donors (Lipinski definition) is 1. The monoisotopic (exact) mass is 378 g/mol. The van der Waals surface area contributed by atoms with E-state index in [1.54, 1.807) is 14.0 Å². The molecule has 2 aromatic rings. The minimum atomic E-state index is -3.63. The van der Waals surface area contributed by atoms with E-state index < -0.39 is 10.0 Å². The average Bonchev–Trinajstić information content (AvgIpc) is 2.92. The summed E-state index contributed by atoms with van der Waals surface area (Å²) in [6.07, 6.45) is 1.43. The zero-order chi connectivity index (χ0) is 14.9. The molecular formula is C11H15BrN4O2S2. The summed E-state index contributed by atoms with van der Waals surface area (Å²) >= 11 is 4.88. The maximum Gasteiger partial charge on any atom is 0.248 e. The first-order valence-electron chi connectivity index (χ1n) is 5.88. The van der Waals surface area contributed by atoms with Gasteiger partial charge in [0.25, 0.3) is 0 Å². The fraction of sp³-hybridized carbons (Fsp3) is 0.364. The summed E-state index contributed by atoms with van der Waals surface area (Å²) < 4.78 is 29.0. The Morgan fingerprint density at radius 3 is 2.65 bits per heavy atom. The van der Waals surface area contributed by atoms with Crippen LogP contribution in [-0.4, -0.2) is 29.0 Å². The number of aromatic nitrogens is 2. The molecular weight excluding hydrogens is 364 g/mol. The van der Waals surface area contributed by atoms with E-state index in [2.05, 4.69) is 21.0 Å². The van der Waals surface area contributed by atoms with Crippen molar-refractivity contribution in [3.63, 3.8) is 0 Å². The summed E-state index contributed by atoms with van der Waals surface area (Å²) in [4.78, 5) is 1.02. The molecule has 0 aliphatic heterocycles. The zero-order valence-corrected chi connectivity index (χ0v) is 14.3. The third-order valence-electron chi connectivity index (χ3n) is 2.75. The van der Waals surface area contributed by atoms with Gasteiger partial charge >= 0.3 is 0 Å². The van der Waals surface area contributed by atoms with Gasteiger partial charge in [-0.1, -0.05) is 6.92 Å². The molecule has 0 aliphatic carbocycles. The van der Waals surface area contributed by atoms with Crippen LogP contribution in [0, 0.1) is 0 Å². The lowest BCUT2D eigenvalue weighted by Gasteiger charge is -2.19. The van der Waals surface area contributed by atoms with Crippen LogP contribution in [0.1, 0.15) is 11.8 Å². The largest absolute Gasteiger partial charge is 0.381 e. The maximum absolute atomic E-state index is 12.6. The first-order valence-corrected chi connectivity index (χ1v) is 8.93. The van der Waals surface area contributed by atoms with Gasteiger partial charge in [0, 0.05) is 31.2 Å². The highest BCUT2D eigenvalue weighted by Gasteiger charge is 2.27. The molecule has 0 bridgehead atoms. The topological polar surface area (TPSA) is 81.2 Å². The van der Waals surface area contributed by atoms with Crippen molar-refractivity contribution in [2.45, 2.75) is 18.4 Å². The molecule has 6 nitrogen and oxygen atoms in total. The molecule has 0 unspecified atom stereocenters. The van der Waals surface area contributed by atoms with Crippen LogP contribution in [0.2, 0.25) is 0 Å². The lowest BCUT2D eigenvalue weighted by molar-refractivity contribution is 0.426. The standard InChI is InChI=1S/C11H15BrN4O2S2/c1-3-16(6-8-4-5-10(12)19-8)20(17,18)9-7-15(2)14-11(9)13/h4-5,7H,3,6H2,1-2H3,(H2,13,14). The van der Waals surface area contributed by atoms with Crippen LogP contribution in [0.3, 0.4) is 0 Å². The van der Waals surface area contributed by atoms with E-state index in [0.29, 0.717) is 13.1 Å². The quantitative estimate of drug-likeness (QED) is 0.862. The van der Waals surface area contributed by atoms with Crippen molar-refractivity contribution < 1.29 is 8.42 Å². The van der Waals surface area contributed by atoms with Gasteiger partial charge in [-0.3, -0.25) is 4.68 Å². The fourth-order valence-electron chi connectivity index (χ4n) is 1.80. The number of rotatable bonds is 5. The summed E-state index contributed by atoms with van der Waals surface area (Å²) in [5.74, 6) is 0.0262. The number of aryl methyl sites for hydroxylation is 1. The SMILES string of the molecule is CCN(Cc1ccc(Br)s1)S(=O)(=O)c1cn(C)nc1N. The molecule has 2 rings (SSSR count). The number of thiophene rings is 1. The molecule has 0 aliphatic rings. The molecule has 0 saturated heterocycles. The third-order valence-corrected chi connectivity index (χ3v) is 6.30. The van der Waals surface area contributed by atoms with E-state index in [4.69, 9.17) is 5.73 Å². The second kappa shape index (κ2) is 5.84. The zero-order valence-electron chi connectivity index (χ0n) is 11.1. The van der Waals surface area contributed by atoms with Crippen molar-refractivity contribution in [1.82, 2.24) is 14.1 Å². The fourth-order valence-corrected chi connectivity index (χ4v) is 4.90. The lowest BCUT2D eigenvalue weighted by Crippen LogP contribution is -2.30. The van der Waals surface area contributed by atoms with Crippen molar-refractivity contribution in [1.29, 1.82) is 0 Å². The number of nitrogens with two attached hydrogens (primary N) is 1. The Kier molecular flexibility index (Phi) is 4.52. The van der Waals surface area contributed by atoms with Gasteiger partial charge in [-0.2, -0.15) is 9.40 Å². The van der Waals surface area contributed by atoms with E-state index in [0.717, 1.165) is 8.66 Å². The van der Waals surface area contributed by atoms with Gasteiger partial charge < -0.3 is 5.73 Å². The lowest BCUT2D eigenvalue weighted by atomic mass is 10.4. The van der Waals surface area contributed by atoms with Crippen molar-refractivity contribution >= 4 is 43.1 Å². The molecule has 110 valence electrons. The van der Waals surface area contributed by atoms with E-state index >= 15 is 0 Å². The van der Waals surface area contributed by atoms with Crippen LogP contribution >= 0.6 is 27.3 Å². The molecule has 9 heteroatoms. The van der Waals surface area contributed by atoms with E-state index in [1.807, 2.05) is 12.1 Å². The smallest absolute Gasteiger partial charge is 0.248 e. The molecule has 0 amide bonds. The Balaban J connectivity index is 2.32. The summed E-state index contributed by atoms with van der Waals surface area (Å²) in [6.45, 7) is 2.49. The van der Waals surface area contributed by atoms with Crippen LogP contribution in [0.5, 0.6) is 0 Å². The summed E-state index contributed by atoms with van der Waals surface area (Å²) in [7, 11) is -1.99. The van der Waals surface area contributed by atoms with Crippen molar-refractivity contribution in [2.75, 3.05) is 12.3 Å². The molecule has 0 aromatic carbocycles. The maximum atomic E-state index is 12.6. The molecule has 0 spiro atoms. The van der Waals surface area contributed by atoms with Crippen molar-refractivity contribution in [2.24, 2.45) is 7.05 Å². The average molecular weight is 379 g/mol. The number of anilines is 1. The molecule has 0 saturated carbocycles. The molecule has 0 fully saturated rings. The highest BCUT2D eigenvalue weighted by molar-refractivity contribution is 9.11. The number of halogens is 1. The Bertz CT molecular complexity index is 708. The highest BCUT2D eigenvalue weighted by atomic mass is 79.9. The van der Waals surface area contributed by atoms with E-state index in [1.165, 1.54) is 26.5 Å². The van der Waals surface area contributed by atoms with Gasteiger partial charge in [0.2, 0.25) is 10.0 Å². The van der Waals surface area contributed by atoms with Crippen LogP contribution in [-0.2, 0) is 23.6 Å². The number of nitrogen functional groups attached to an aromatic ring is 1. The third kappa shape index (κ3) is 3.05. The molecule has 2 aromatic heterocycles. The predicted molar refractivity (Wildman–Crippen MR) is 82.9 cm³/mol. The van der Waals surface area contributed by atoms with E-state index in [-0.39, 0.29) is 10.7 Å². The Hall–Kier alpha value is -0.900. The number of sulfonamides is 1. The first kappa shape index (κ1) is 15.5.